The molecule has 0 aliphatic carbocycles. The van der Waals surface area contributed by atoms with E-state index in [-0.39, 0.29) is 6.04 Å². The molecule has 0 radical (unpaired) electrons. The molecule has 3 rings (SSSR count). The van der Waals surface area contributed by atoms with E-state index in [9.17, 15) is 0 Å². The van der Waals surface area contributed by atoms with Crippen LogP contribution in [0.25, 0.3) is 11.4 Å². The molecule has 1 aromatic carbocycles. The van der Waals surface area contributed by atoms with Crippen molar-refractivity contribution in [3.05, 3.63) is 34.6 Å². The zero-order valence-corrected chi connectivity index (χ0v) is 10.9. The van der Waals surface area contributed by atoms with Crippen molar-refractivity contribution in [2.45, 2.75) is 25.4 Å². The summed E-state index contributed by atoms with van der Waals surface area (Å²) < 4.78 is 2.99. The van der Waals surface area contributed by atoms with Gasteiger partial charge in [0.15, 0.2) is 5.82 Å². The lowest BCUT2D eigenvalue weighted by Gasteiger charge is -2.17. The number of hydrogen-bond acceptors (Lipinski definition) is 3. The smallest absolute Gasteiger partial charge is 0.181 e. The third-order valence-electron chi connectivity index (χ3n) is 3.02. The highest BCUT2D eigenvalue weighted by atomic mass is 79.9. The van der Waals surface area contributed by atoms with Gasteiger partial charge in [0.1, 0.15) is 5.82 Å². The van der Waals surface area contributed by atoms with Crippen molar-refractivity contribution in [2.24, 2.45) is 5.73 Å². The van der Waals surface area contributed by atoms with Gasteiger partial charge in [-0.3, -0.25) is 0 Å². The molecule has 88 valence electrons. The summed E-state index contributed by atoms with van der Waals surface area (Å²) in [5.74, 6) is 1.68. The largest absolute Gasteiger partial charge is 0.321 e. The van der Waals surface area contributed by atoms with Crippen molar-refractivity contribution in [1.82, 2.24) is 14.8 Å². The molecule has 0 amide bonds. The van der Waals surface area contributed by atoms with Crippen LogP contribution < -0.4 is 5.73 Å². The molecule has 0 fully saturated rings. The molecule has 0 saturated carbocycles. The first-order chi connectivity index (χ1) is 8.24. The van der Waals surface area contributed by atoms with Gasteiger partial charge < -0.3 is 5.73 Å². The predicted molar refractivity (Wildman–Crippen MR) is 69.3 cm³/mol. The Morgan fingerprint density at radius 3 is 2.76 bits per heavy atom. The zero-order valence-electron chi connectivity index (χ0n) is 9.31. The molecule has 1 unspecified atom stereocenters. The van der Waals surface area contributed by atoms with E-state index < -0.39 is 0 Å². The Balaban J connectivity index is 2.02. The molecular weight excluding hydrogens is 280 g/mol. The Labute approximate surface area is 108 Å². The van der Waals surface area contributed by atoms with E-state index >= 15 is 0 Å². The van der Waals surface area contributed by atoms with Crippen molar-refractivity contribution in [3.8, 4) is 11.4 Å². The lowest BCUT2D eigenvalue weighted by Crippen LogP contribution is -2.22. The first-order valence-corrected chi connectivity index (χ1v) is 6.49. The number of rotatable bonds is 1. The maximum atomic E-state index is 6.03. The second kappa shape index (κ2) is 4.23. The monoisotopic (exact) mass is 292 g/mol. The minimum atomic E-state index is 0.0282. The van der Waals surface area contributed by atoms with Crippen LogP contribution in [0.1, 0.15) is 24.7 Å². The molecule has 1 atom stereocenters. The van der Waals surface area contributed by atoms with E-state index in [0.29, 0.717) is 0 Å². The summed E-state index contributed by atoms with van der Waals surface area (Å²) in [6, 6.07) is 8.04. The van der Waals surface area contributed by atoms with Crippen LogP contribution >= 0.6 is 15.9 Å². The van der Waals surface area contributed by atoms with Crippen LogP contribution in [-0.2, 0) is 6.54 Å². The molecule has 1 aromatic heterocycles. The number of benzene rings is 1. The molecule has 0 saturated heterocycles. The average molecular weight is 293 g/mol. The minimum Gasteiger partial charge on any atom is -0.321 e. The van der Waals surface area contributed by atoms with Crippen LogP contribution in [0.2, 0.25) is 0 Å². The summed E-state index contributed by atoms with van der Waals surface area (Å²) in [7, 11) is 0. The van der Waals surface area contributed by atoms with Gasteiger partial charge in [-0.15, -0.1) is 0 Å². The summed E-state index contributed by atoms with van der Waals surface area (Å²) in [5, 5.41) is 4.51. The Bertz CT molecular complexity index is 532. The van der Waals surface area contributed by atoms with Gasteiger partial charge in [0.05, 0.1) is 6.04 Å². The first-order valence-electron chi connectivity index (χ1n) is 5.70. The summed E-state index contributed by atoms with van der Waals surface area (Å²) in [5.41, 5.74) is 7.06. The van der Waals surface area contributed by atoms with E-state index in [2.05, 4.69) is 26.0 Å². The number of halogens is 1. The molecule has 2 N–H and O–H groups in total. The second-order valence-electron chi connectivity index (χ2n) is 4.27. The highest BCUT2D eigenvalue weighted by Crippen LogP contribution is 2.25. The third-order valence-corrected chi connectivity index (χ3v) is 3.55. The van der Waals surface area contributed by atoms with Gasteiger partial charge in [0.2, 0.25) is 0 Å². The maximum Gasteiger partial charge on any atom is 0.181 e. The quantitative estimate of drug-likeness (QED) is 0.879. The molecule has 0 bridgehead atoms. The standard InChI is InChI=1S/C12H13BrN4/c13-9-5-3-8(4-6-9)11-15-12-10(14)2-1-7-17(12)16-11/h3-6,10H,1-2,7,14H2. The normalized spacial score (nSPS) is 19.1. The van der Waals surface area contributed by atoms with Crippen LogP contribution in [-0.4, -0.2) is 14.8 Å². The van der Waals surface area contributed by atoms with Crippen molar-refractivity contribution in [2.75, 3.05) is 0 Å². The van der Waals surface area contributed by atoms with Crippen molar-refractivity contribution >= 4 is 15.9 Å². The van der Waals surface area contributed by atoms with Gasteiger partial charge in [-0.05, 0) is 25.0 Å². The van der Waals surface area contributed by atoms with Gasteiger partial charge in [0, 0.05) is 16.6 Å². The van der Waals surface area contributed by atoms with Gasteiger partial charge in [0.25, 0.3) is 0 Å². The van der Waals surface area contributed by atoms with Gasteiger partial charge >= 0.3 is 0 Å². The van der Waals surface area contributed by atoms with E-state index in [0.717, 1.165) is 41.1 Å². The molecule has 0 spiro atoms. The summed E-state index contributed by atoms with van der Waals surface area (Å²) in [4.78, 5) is 4.54. The summed E-state index contributed by atoms with van der Waals surface area (Å²) in [6.07, 6.45) is 2.08. The molecule has 4 nitrogen and oxygen atoms in total. The van der Waals surface area contributed by atoms with Gasteiger partial charge in [-0.1, -0.05) is 28.1 Å². The number of nitrogens with zero attached hydrogens (tertiary/aromatic N) is 3. The number of aromatic nitrogens is 3. The lowest BCUT2D eigenvalue weighted by molar-refractivity contribution is 0.422. The Morgan fingerprint density at radius 1 is 1.29 bits per heavy atom. The number of nitrogens with two attached hydrogens (primary N) is 1. The number of hydrogen-bond donors (Lipinski definition) is 1. The fraction of sp³-hybridized carbons (Fsp3) is 0.333. The molecule has 17 heavy (non-hydrogen) atoms. The SMILES string of the molecule is NC1CCCn2nc(-c3ccc(Br)cc3)nc21. The van der Waals surface area contributed by atoms with Crippen molar-refractivity contribution in [1.29, 1.82) is 0 Å². The van der Waals surface area contributed by atoms with Crippen molar-refractivity contribution in [3.63, 3.8) is 0 Å². The van der Waals surface area contributed by atoms with Gasteiger partial charge in [-0.2, -0.15) is 5.10 Å². The summed E-state index contributed by atoms with van der Waals surface area (Å²) >= 11 is 3.42. The highest BCUT2D eigenvalue weighted by molar-refractivity contribution is 9.10. The molecule has 2 aromatic rings. The second-order valence-corrected chi connectivity index (χ2v) is 5.19. The molecule has 5 heteroatoms. The minimum absolute atomic E-state index is 0.0282. The van der Waals surface area contributed by atoms with Crippen LogP contribution in [0.5, 0.6) is 0 Å². The van der Waals surface area contributed by atoms with E-state index in [4.69, 9.17) is 5.73 Å². The van der Waals surface area contributed by atoms with Crippen LogP contribution in [0.4, 0.5) is 0 Å². The highest BCUT2D eigenvalue weighted by Gasteiger charge is 2.21. The Kier molecular flexibility index (Phi) is 2.72. The maximum absolute atomic E-state index is 6.03. The van der Waals surface area contributed by atoms with E-state index in [1.807, 2.05) is 28.9 Å². The fourth-order valence-corrected chi connectivity index (χ4v) is 2.37. The van der Waals surface area contributed by atoms with Crippen molar-refractivity contribution < 1.29 is 0 Å². The molecule has 1 aliphatic heterocycles. The average Bonchev–Trinajstić information content (AvgIpc) is 2.75. The van der Waals surface area contributed by atoms with E-state index in [1.54, 1.807) is 0 Å². The molecule has 1 aliphatic rings. The molecule has 2 heterocycles. The fourth-order valence-electron chi connectivity index (χ4n) is 2.10. The van der Waals surface area contributed by atoms with Gasteiger partial charge in [-0.25, -0.2) is 9.67 Å². The molecular formula is C12H13BrN4. The number of aryl methyl sites for hydroxylation is 1. The third kappa shape index (κ3) is 2.00. The first kappa shape index (κ1) is 10.9. The Hall–Kier alpha value is -1.20. The van der Waals surface area contributed by atoms with Crippen LogP contribution in [0.3, 0.4) is 0 Å². The van der Waals surface area contributed by atoms with E-state index in [1.165, 1.54) is 0 Å². The zero-order chi connectivity index (χ0) is 11.8. The lowest BCUT2D eigenvalue weighted by atomic mass is 10.1. The summed E-state index contributed by atoms with van der Waals surface area (Å²) in [6.45, 7) is 0.923. The number of fused-ring (bicyclic) bond motifs is 1. The topological polar surface area (TPSA) is 56.7 Å². The van der Waals surface area contributed by atoms with Crippen LogP contribution in [0.15, 0.2) is 28.7 Å². The van der Waals surface area contributed by atoms with Crippen LogP contribution in [0, 0.1) is 0 Å². The Morgan fingerprint density at radius 2 is 2.06 bits per heavy atom. The predicted octanol–water partition coefficient (Wildman–Crippen LogP) is 2.50.